The molecule has 0 aliphatic rings. The molecule has 25 heavy (non-hydrogen) atoms. The Labute approximate surface area is 145 Å². The second-order valence-electron chi connectivity index (χ2n) is 5.53. The zero-order valence-electron chi connectivity index (χ0n) is 13.5. The summed E-state index contributed by atoms with van der Waals surface area (Å²) in [5.41, 5.74) is 2.06. The van der Waals surface area contributed by atoms with Crippen molar-refractivity contribution >= 4 is 0 Å². The minimum absolute atomic E-state index is 0.210. The van der Waals surface area contributed by atoms with Crippen LogP contribution in [0.1, 0.15) is 17.3 Å². The van der Waals surface area contributed by atoms with E-state index in [1.807, 2.05) is 70.3 Å². The molecule has 0 spiro atoms. The van der Waals surface area contributed by atoms with Crippen molar-refractivity contribution in [1.82, 2.24) is 24.5 Å². The van der Waals surface area contributed by atoms with E-state index >= 15 is 0 Å². The minimum atomic E-state index is -0.210. The van der Waals surface area contributed by atoms with Crippen LogP contribution in [0.25, 0.3) is 0 Å². The second-order valence-corrected chi connectivity index (χ2v) is 5.53. The first-order valence-electron chi connectivity index (χ1n) is 8.01. The van der Waals surface area contributed by atoms with Gasteiger partial charge in [-0.05, 0) is 35.9 Å². The van der Waals surface area contributed by atoms with Crippen LogP contribution in [0.15, 0.2) is 85.7 Å². The Morgan fingerprint density at radius 3 is 2.12 bits per heavy atom. The van der Waals surface area contributed by atoms with Crippen molar-refractivity contribution in [3.63, 3.8) is 0 Å². The lowest BCUT2D eigenvalue weighted by Crippen LogP contribution is -2.21. The van der Waals surface area contributed by atoms with Crippen molar-refractivity contribution in [2.75, 3.05) is 0 Å². The number of nitrogens with zero attached hydrogens (tertiary/aromatic N) is 5. The van der Waals surface area contributed by atoms with Crippen molar-refractivity contribution in [1.29, 1.82) is 0 Å². The standard InChI is InChI=1S/C19H17N5O/c1-2-6-18(25-15-16-7-11-20-12-8-16)17(5-1)19(23-13-3-9-21-23)24-14-4-10-22-24/h1-14,19H,15H2. The normalized spacial score (nSPS) is 10.9. The van der Waals surface area contributed by atoms with E-state index in [0.29, 0.717) is 6.61 Å². The summed E-state index contributed by atoms with van der Waals surface area (Å²) in [4.78, 5) is 4.03. The van der Waals surface area contributed by atoms with Crippen molar-refractivity contribution in [3.05, 3.63) is 96.8 Å². The molecule has 6 heteroatoms. The largest absolute Gasteiger partial charge is 0.488 e. The second kappa shape index (κ2) is 7.00. The fourth-order valence-corrected chi connectivity index (χ4v) is 2.72. The SMILES string of the molecule is c1ccc(C(n2cccn2)n2cccn2)c(OCc2ccncc2)c1. The van der Waals surface area contributed by atoms with Gasteiger partial charge in [0.2, 0.25) is 0 Å². The number of benzene rings is 1. The van der Waals surface area contributed by atoms with Crippen molar-refractivity contribution < 1.29 is 4.74 Å². The Bertz CT molecular complexity index is 870. The Morgan fingerprint density at radius 2 is 1.48 bits per heavy atom. The molecule has 0 saturated heterocycles. The highest BCUT2D eigenvalue weighted by molar-refractivity contribution is 5.36. The van der Waals surface area contributed by atoms with E-state index in [1.54, 1.807) is 24.8 Å². The van der Waals surface area contributed by atoms with Crippen LogP contribution < -0.4 is 4.74 Å². The molecule has 3 aromatic heterocycles. The molecule has 0 radical (unpaired) electrons. The fourth-order valence-electron chi connectivity index (χ4n) is 2.72. The van der Waals surface area contributed by atoms with Crippen LogP contribution in [-0.4, -0.2) is 24.5 Å². The Hall–Kier alpha value is -3.41. The Balaban J connectivity index is 1.68. The molecule has 4 aromatic rings. The first-order valence-corrected chi connectivity index (χ1v) is 8.01. The van der Waals surface area contributed by atoms with Gasteiger partial charge in [-0.1, -0.05) is 18.2 Å². The molecule has 0 fully saturated rings. The zero-order valence-corrected chi connectivity index (χ0v) is 13.5. The van der Waals surface area contributed by atoms with Gasteiger partial charge in [-0.2, -0.15) is 10.2 Å². The summed E-state index contributed by atoms with van der Waals surface area (Å²) in [5, 5.41) is 8.80. The number of pyridine rings is 1. The van der Waals surface area contributed by atoms with Gasteiger partial charge >= 0.3 is 0 Å². The number of rotatable bonds is 6. The third kappa shape index (κ3) is 3.28. The van der Waals surface area contributed by atoms with Crippen molar-refractivity contribution in [3.8, 4) is 5.75 Å². The first-order chi connectivity index (χ1) is 12.4. The molecule has 1 aromatic carbocycles. The summed E-state index contributed by atoms with van der Waals surface area (Å²) in [7, 11) is 0. The molecule has 0 saturated carbocycles. The molecule has 0 aliphatic heterocycles. The van der Waals surface area contributed by atoms with Crippen LogP contribution in [0, 0.1) is 0 Å². The van der Waals surface area contributed by atoms with Gasteiger partial charge in [0.1, 0.15) is 12.4 Å². The van der Waals surface area contributed by atoms with Crippen LogP contribution in [-0.2, 0) is 6.61 Å². The molecule has 0 aliphatic carbocycles. The lowest BCUT2D eigenvalue weighted by molar-refractivity contribution is 0.293. The minimum Gasteiger partial charge on any atom is -0.488 e. The fraction of sp³-hybridized carbons (Fsp3) is 0.105. The highest BCUT2D eigenvalue weighted by atomic mass is 16.5. The molecule has 6 nitrogen and oxygen atoms in total. The molecule has 0 unspecified atom stereocenters. The molecule has 3 heterocycles. The van der Waals surface area contributed by atoms with Gasteiger partial charge < -0.3 is 4.74 Å². The molecule has 0 bridgehead atoms. The topological polar surface area (TPSA) is 57.8 Å². The van der Waals surface area contributed by atoms with Crippen molar-refractivity contribution in [2.24, 2.45) is 0 Å². The quantitative estimate of drug-likeness (QED) is 0.544. The highest BCUT2D eigenvalue weighted by Crippen LogP contribution is 2.29. The maximum Gasteiger partial charge on any atom is 0.172 e. The molecule has 4 rings (SSSR count). The number of hydrogen-bond donors (Lipinski definition) is 0. The lowest BCUT2D eigenvalue weighted by Gasteiger charge is -2.21. The van der Waals surface area contributed by atoms with E-state index in [0.717, 1.165) is 16.9 Å². The number of hydrogen-bond acceptors (Lipinski definition) is 4. The van der Waals surface area contributed by atoms with E-state index in [4.69, 9.17) is 4.74 Å². The molecule has 0 N–H and O–H groups in total. The summed E-state index contributed by atoms with van der Waals surface area (Å²) in [6.07, 6.45) is 10.7. The summed E-state index contributed by atoms with van der Waals surface area (Å²) in [5.74, 6) is 0.801. The molecule has 124 valence electrons. The van der Waals surface area contributed by atoms with Gasteiger partial charge in [0.05, 0.1) is 0 Å². The lowest BCUT2D eigenvalue weighted by atomic mass is 10.1. The van der Waals surface area contributed by atoms with E-state index in [2.05, 4.69) is 15.2 Å². The number of para-hydroxylation sites is 1. The summed E-state index contributed by atoms with van der Waals surface area (Å²) in [6, 6.07) is 15.7. The van der Waals surface area contributed by atoms with Crippen LogP contribution in [0.4, 0.5) is 0 Å². The highest BCUT2D eigenvalue weighted by Gasteiger charge is 2.20. The predicted octanol–water partition coefficient (Wildman–Crippen LogP) is 3.15. The number of aromatic nitrogens is 5. The molecular formula is C19H17N5O. The molecular weight excluding hydrogens is 314 g/mol. The van der Waals surface area contributed by atoms with Gasteiger partial charge in [-0.3, -0.25) is 4.98 Å². The zero-order chi connectivity index (χ0) is 16.9. The molecule has 0 amide bonds. The monoisotopic (exact) mass is 331 g/mol. The van der Waals surface area contributed by atoms with Crippen LogP contribution in [0.2, 0.25) is 0 Å². The van der Waals surface area contributed by atoms with Gasteiger partial charge in [-0.15, -0.1) is 0 Å². The van der Waals surface area contributed by atoms with Gasteiger partial charge in [-0.25, -0.2) is 9.36 Å². The predicted molar refractivity (Wildman–Crippen MR) is 93.0 cm³/mol. The van der Waals surface area contributed by atoms with Crippen LogP contribution in [0.5, 0.6) is 5.75 Å². The first kappa shape index (κ1) is 15.1. The van der Waals surface area contributed by atoms with Crippen LogP contribution in [0.3, 0.4) is 0 Å². The van der Waals surface area contributed by atoms with E-state index in [9.17, 15) is 0 Å². The van der Waals surface area contributed by atoms with E-state index in [-0.39, 0.29) is 6.17 Å². The summed E-state index contributed by atoms with van der Waals surface area (Å²) >= 11 is 0. The van der Waals surface area contributed by atoms with Gasteiger partial charge in [0.15, 0.2) is 6.17 Å². The third-order valence-electron chi connectivity index (χ3n) is 3.89. The summed E-state index contributed by atoms with van der Waals surface area (Å²) < 4.78 is 9.82. The average Bonchev–Trinajstić information content (AvgIpc) is 3.37. The Kier molecular flexibility index (Phi) is 4.24. The smallest absolute Gasteiger partial charge is 0.172 e. The maximum absolute atomic E-state index is 6.09. The van der Waals surface area contributed by atoms with Crippen molar-refractivity contribution in [2.45, 2.75) is 12.8 Å². The Morgan fingerprint density at radius 1 is 0.800 bits per heavy atom. The molecule has 0 atom stereocenters. The van der Waals surface area contributed by atoms with E-state index in [1.165, 1.54) is 0 Å². The van der Waals surface area contributed by atoms with E-state index < -0.39 is 0 Å². The van der Waals surface area contributed by atoms with Gasteiger partial charge in [0.25, 0.3) is 0 Å². The average molecular weight is 331 g/mol. The van der Waals surface area contributed by atoms with Gasteiger partial charge in [0, 0.05) is 42.7 Å². The third-order valence-corrected chi connectivity index (χ3v) is 3.89. The van der Waals surface area contributed by atoms with Crippen LogP contribution >= 0.6 is 0 Å². The summed E-state index contributed by atoms with van der Waals surface area (Å²) in [6.45, 7) is 0.477. The maximum atomic E-state index is 6.09. The number of ether oxygens (including phenoxy) is 1.